The second-order valence-corrected chi connectivity index (χ2v) is 25.0. The third kappa shape index (κ3) is 14.3. The molecule has 7 rings (SSSR count). The normalized spacial score (nSPS) is 26.6. The Labute approximate surface area is 521 Å². The fraction of sp³-hybridized carbons (Fsp3) is 0.613. The number of fused-ring (bicyclic) bond motifs is 4. The van der Waals surface area contributed by atoms with E-state index >= 15 is 9.59 Å². The van der Waals surface area contributed by atoms with Crippen LogP contribution in [-0.2, 0) is 57.4 Å². The van der Waals surface area contributed by atoms with Crippen LogP contribution >= 0.6 is 0 Å². The molecule has 0 saturated carbocycles. The molecule has 8 N–H and O–H groups in total. The Morgan fingerprint density at radius 1 is 0.633 bits per heavy atom. The second-order valence-electron chi connectivity index (χ2n) is 25.0. The lowest BCUT2D eigenvalue weighted by molar-refractivity contribution is -0.157. The summed E-state index contributed by atoms with van der Waals surface area (Å²) in [6.07, 6.45) is -0.929. The van der Waals surface area contributed by atoms with Crippen molar-refractivity contribution in [3.05, 3.63) is 44.6 Å². The van der Waals surface area contributed by atoms with Crippen molar-refractivity contribution in [3.8, 4) is 11.5 Å². The topological polar surface area (TPSA) is 378 Å². The van der Waals surface area contributed by atoms with Crippen LogP contribution in [0.2, 0.25) is 0 Å². The van der Waals surface area contributed by atoms with E-state index in [-0.39, 0.29) is 53.9 Å². The molecule has 0 bridgehead atoms. The average molecular weight is 1260 g/mol. The predicted molar refractivity (Wildman–Crippen MR) is 325 cm³/mol. The fourth-order valence-electron chi connectivity index (χ4n) is 11.8. The summed E-state index contributed by atoms with van der Waals surface area (Å²) < 4.78 is 18.2. The van der Waals surface area contributed by atoms with Crippen molar-refractivity contribution in [2.24, 2.45) is 23.7 Å². The van der Waals surface area contributed by atoms with Gasteiger partial charge in [-0.05, 0) is 88.7 Å². The number of ether oxygens (including phenoxy) is 2. The molecule has 0 aromatic heterocycles. The van der Waals surface area contributed by atoms with E-state index in [1.54, 1.807) is 62.3 Å². The highest BCUT2D eigenvalue weighted by Crippen LogP contribution is 2.35. The molecule has 0 unspecified atom stereocenters. The quantitative estimate of drug-likeness (QED) is 0.0839. The van der Waals surface area contributed by atoms with E-state index in [1.165, 1.54) is 66.6 Å². The molecule has 1 aromatic carbocycles. The zero-order valence-corrected chi connectivity index (χ0v) is 53.7. The molecule has 1 aliphatic carbocycles. The van der Waals surface area contributed by atoms with Gasteiger partial charge in [-0.25, -0.2) is 14.6 Å². The number of carbonyl (C=O) groups excluding carboxylic acids is 12. The molecular formula is C62H86N12O16. The molecule has 28 nitrogen and oxygen atoms in total. The van der Waals surface area contributed by atoms with Gasteiger partial charge in [0.1, 0.15) is 71.8 Å². The number of benzene rings is 2. The van der Waals surface area contributed by atoms with E-state index < -0.39 is 191 Å². The van der Waals surface area contributed by atoms with Gasteiger partial charge in [-0.1, -0.05) is 74.3 Å². The molecule has 10 amide bonds. The highest BCUT2D eigenvalue weighted by molar-refractivity contribution is 6.10. The summed E-state index contributed by atoms with van der Waals surface area (Å²) >= 11 is 0. The molecule has 4 fully saturated rings. The lowest BCUT2D eigenvalue weighted by Gasteiger charge is -2.35. The van der Waals surface area contributed by atoms with Gasteiger partial charge in [-0.3, -0.25) is 52.7 Å². The van der Waals surface area contributed by atoms with E-state index in [4.69, 9.17) is 24.6 Å². The van der Waals surface area contributed by atoms with Crippen LogP contribution in [0.15, 0.2) is 21.3 Å². The van der Waals surface area contributed by atoms with Crippen molar-refractivity contribution >= 4 is 87.8 Å². The van der Waals surface area contributed by atoms with Gasteiger partial charge in [-0.15, -0.1) is 0 Å². The summed E-state index contributed by atoms with van der Waals surface area (Å²) in [6.45, 7) is 18.6. The Balaban J connectivity index is 1.32. The van der Waals surface area contributed by atoms with Crippen molar-refractivity contribution in [1.29, 1.82) is 0 Å². The first-order chi connectivity index (χ1) is 42.3. The van der Waals surface area contributed by atoms with Crippen molar-refractivity contribution in [3.63, 3.8) is 0 Å². The second kappa shape index (κ2) is 28.4. The average Bonchev–Trinajstić information content (AvgIpc) is 0.892. The first-order valence-electron chi connectivity index (χ1n) is 30.8. The number of rotatable bonds is 10. The van der Waals surface area contributed by atoms with Gasteiger partial charge < -0.3 is 71.1 Å². The number of nitrogens with one attached hydrogen (secondary N) is 6. The molecule has 12 atom stereocenters. The van der Waals surface area contributed by atoms with Crippen LogP contribution in [0, 0.1) is 37.5 Å². The van der Waals surface area contributed by atoms with Crippen LogP contribution in [0.3, 0.4) is 0 Å². The Morgan fingerprint density at radius 2 is 1.07 bits per heavy atom. The standard InChI is InChI=1S/C62H86N12O16/c1-15-29(7)44-59(84)73-23-17-19-36(73)57(82)71(13)25-38(75)64-42(27(3)4)61(86)88-33(11)46(55(80)67-44)69-53(78)35-22-21-31(9)51-48(35)66-49-40(41(63)50(77)32(10)52(49)90-51)54(79)70-47-34(12)89-62(87)43(28(5)6)65-39(76)26-72(14)58(83)37-20-18-24-74(37)60(85)45(30(8)16-2)68-56(47)81/h21-22,27-30,33-34,36-37,42-47H,15-20,23-26,63H2,1-14H3,(H,64,75)(H,65,76)(H,67,80)(H,68,81)(H,69,78)(H,70,79)/t29-,30-,33-,34-,36+,37+,42+,43+,44-,45-,46+,47+/m1/s1. The van der Waals surface area contributed by atoms with Crippen molar-refractivity contribution in [1.82, 2.24) is 56.5 Å². The highest BCUT2D eigenvalue weighted by atomic mass is 16.6. The fourth-order valence-corrected chi connectivity index (χ4v) is 11.8. The molecule has 0 radical (unpaired) electrons. The summed E-state index contributed by atoms with van der Waals surface area (Å²) in [5, 5.41) is 16.0. The number of nitrogen functional groups attached to an aromatic ring is 1. The minimum atomic E-state index is -1.88. The number of carbonyl (C=O) groups is 12. The number of esters is 2. The maximum absolute atomic E-state index is 15.2. The van der Waals surface area contributed by atoms with Crippen molar-refractivity contribution in [2.75, 3.05) is 46.0 Å². The van der Waals surface area contributed by atoms with E-state index in [1.807, 2.05) is 0 Å². The minimum absolute atomic E-state index is 0.0763. The number of cyclic esters (lactones) is 2. The molecule has 0 spiro atoms. The molecule has 6 aliphatic rings. The number of amides is 10. The molecule has 490 valence electrons. The first-order valence-corrected chi connectivity index (χ1v) is 30.8. The molecule has 28 heteroatoms. The van der Waals surface area contributed by atoms with E-state index in [0.717, 1.165) is 0 Å². The molecule has 4 saturated heterocycles. The van der Waals surface area contributed by atoms with Crippen LogP contribution in [-0.4, -0.2) is 196 Å². The summed E-state index contributed by atoms with van der Waals surface area (Å²) in [4.78, 5) is 196. The Morgan fingerprint density at radius 3 is 1.49 bits per heavy atom. The largest absolute Gasteiger partial charge is 0.458 e. The number of nitrogens with two attached hydrogens (primary N) is 1. The zero-order valence-electron chi connectivity index (χ0n) is 53.7. The van der Waals surface area contributed by atoms with E-state index in [2.05, 4.69) is 31.9 Å². The van der Waals surface area contributed by atoms with Gasteiger partial charge in [0.25, 0.3) is 11.8 Å². The van der Waals surface area contributed by atoms with Gasteiger partial charge in [0, 0.05) is 32.7 Å². The zero-order chi connectivity index (χ0) is 66.7. The highest BCUT2D eigenvalue weighted by Gasteiger charge is 2.46. The maximum atomic E-state index is 15.2. The summed E-state index contributed by atoms with van der Waals surface area (Å²) in [7, 11) is 2.82. The Bertz CT molecular complexity index is 3380. The number of anilines is 1. The molecule has 5 heterocycles. The van der Waals surface area contributed by atoms with Crippen LogP contribution in [0.25, 0.3) is 22.6 Å². The monoisotopic (exact) mass is 1250 g/mol. The Hall–Kier alpha value is -8.72. The van der Waals surface area contributed by atoms with Gasteiger partial charge in [0.2, 0.25) is 52.7 Å². The van der Waals surface area contributed by atoms with Gasteiger partial charge in [-0.2, -0.15) is 0 Å². The van der Waals surface area contributed by atoms with Crippen molar-refractivity contribution in [2.45, 2.75) is 182 Å². The lowest BCUT2D eigenvalue weighted by Crippen LogP contribution is -2.61. The third-order valence-corrected chi connectivity index (χ3v) is 17.7. The summed E-state index contributed by atoms with van der Waals surface area (Å²) in [6, 6.07) is -7.97. The maximum Gasteiger partial charge on any atom is 0.329 e. The number of hydrogen-bond donors (Lipinski definition) is 7. The SMILES string of the molecule is CC[C@@H](C)[C@H]1NC(=O)[C@@H](NC(=O)c2c3nc4c(C(=O)N[C@@H]5C(=O)N[C@H]([C@H](C)CC)C(=O)N6CCC[C@H]6C(=O)N(C)CC(=O)N[C@@H](C(C)C)C(=O)O[C@@H]5C)ccc(C)c4oc-3c(C)c(=O)c2N)[C@@H](C)OC(=O)[C@H](C(C)C)NC(=O)CN(C)C(=O)[C@@H]2CCCN2C1=O. The van der Waals surface area contributed by atoms with Gasteiger partial charge in [0.05, 0.1) is 29.9 Å². The minimum Gasteiger partial charge on any atom is -0.458 e. The van der Waals surface area contributed by atoms with Crippen LogP contribution in [0.1, 0.15) is 140 Å². The number of nitrogens with zero attached hydrogens (tertiary/aromatic N) is 5. The predicted octanol–water partition coefficient (Wildman–Crippen LogP) is 0.821. The lowest BCUT2D eigenvalue weighted by atomic mass is 9.96. The Kier molecular flexibility index (Phi) is 21.7. The smallest absolute Gasteiger partial charge is 0.329 e. The van der Waals surface area contributed by atoms with Crippen LogP contribution in [0.4, 0.5) is 5.69 Å². The third-order valence-electron chi connectivity index (χ3n) is 17.7. The van der Waals surface area contributed by atoms with E-state index in [9.17, 15) is 52.7 Å². The van der Waals surface area contributed by atoms with Crippen molar-refractivity contribution < 1.29 is 71.4 Å². The number of likely N-dealkylation sites (N-methyl/N-ethyl adjacent to an activating group) is 2. The number of hydrogen-bond acceptors (Lipinski definition) is 18. The van der Waals surface area contributed by atoms with E-state index in [0.29, 0.717) is 31.2 Å². The molecule has 90 heavy (non-hydrogen) atoms. The van der Waals surface area contributed by atoms with Crippen LogP contribution in [0.5, 0.6) is 0 Å². The molecule has 5 aliphatic heterocycles. The van der Waals surface area contributed by atoms with Crippen LogP contribution < -0.4 is 43.1 Å². The summed E-state index contributed by atoms with van der Waals surface area (Å²) in [5.74, 6) is -12.5. The van der Waals surface area contributed by atoms with Gasteiger partial charge >= 0.3 is 11.9 Å². The number of aryl methyl sites for hydroxylation is 1. The molecule has 1 aromatic rings. The number of aromatic nitrogens is 1. The van der Waals surface area contributed by atoms with Gasteiger partial charge in [0.15, 0.2) is 11.3 Å². The first kappa shape index (κ1) is 68.8. The molecular weight excluding hydrogens is 1170 g/mol. The summed E-state index contributed by atoms with van der Waals surface area (Å²) in [5.41, 5.74) is 3.57.